The summed E-state index contributed by atoms with van der Waals surface area (Å²) in [6, 6.07) is 6.86. The van der Waals surface area contributed by atoms with Crippen LogP contribution in [0.5, 0.6) is 5.75 Å². The second kappa shape index (κ2) is 8.38. The number of benzene rings is 1. The fourth-order valence-electron chi connectivity index (χ4n) is 2.47. The molecule has 7 heteroatoms. The van der Waals surface area contributed by atoms with Gasteiger partial charge in [-0.25, -0.2) is 4.79 Å². The molecular weight excluding hydrogens is 298 g/mol. The van der Waals surface area contributed by atoms with E-state index in [0.29, 0.717) is 26.1 Å². The van der Waals surface area contributed by atoms with Gasteiger partial charge in [-0.2, -0.15) is 0 Å². The molecule has 3 amide bonds. The van der Waals surface area contributed by atoms with Gasteiger partial charge in [0.15, 0.2) is 0 Å². The normalized spacial score (nSPS) is 17.2. The van der Waals surface area contributed by atoms with Crippen molar-refractivity contribution >= 4 is 17.6 Å². The topological polar surface area (TPSA) is 79.9 Å². The molecule has 1 saturated heterocycles. The lowest BCUT2D eigenvalue weighted by molar-refractivity contribution is -0.117. The molecule has 1 aromatic carbocycles. The Morgan fingerprint density at radius 2 is 2.04 bits per heavy atom. The van der Waals surface area contributed by atoms with Crippen molar-refractivity contribution in [3.8, 4) is 5.75 Å². The molecule has 2 rings (SSSR count). The number of methoxy groups -OCH3 is 2. The maximum Gasteiger partial charge on any atom is 0.315 e. The Hall–Kier alpha value is -2.28. The highest BCUT2D eigenvalue weighted by molar-refractivity contribution is 5.96. The van der Waals surface area contributed by atoms with Crippen molar-refractivity contribution in [2.24, 2.45) is 0 Å². The number of anilines is 1. The van der Waals surface area contributed by atoms with Gasteiger partial charge in [0.1, 0.15) is 5.75 Å². The number of nitrogens with zero attached hydrogens (tertiary/aromatic N) is 1. The largest absolute Gasteiger partial charge is 0.497 e. The van der Waals surface area contributed by atoms with E-state index >= 15 is 0 Å². The Bertz CT molecular complexity index is 533. The first-order valence-corrected chi connectivity index (χ1v) is 7.61. The van der Waals surface area contributed by atoms with E-state index in [1.54, 1.807) is 19.1 Å². The number of carbonyl (C=O) groups is 2. The van der Waals surface area contributed by atoms with Crippen LogP contribution >= 0.6 is 0 Å². The second-order valence-corrected chi connectivity index (χ2v) is 5.35. The lowest BCUT2D eigenvalue weighted by Crippen LogP contribution is -2.43. The Labute approximate surface area is 135 Å². The zero-order chi connectivity index (χ0) is 16.7. The van der Waals surface area contributed by atoms with E-state index in [1.807, 2.05) is 24.3 Å². The molecular formula is C16H23N3O4. The fourth-order valence-corrected chi connectivity index (χ4v) is 2.47. The Morgan fingerprint density at radius 3 is 2.70 bits per heavy atom. The van der Waals surface area contributed by atoms with Crippen LogP contribution in [0.1, 0.15) is 12.8 Å². The molecule has 23 heavy (non-hydrogen) atoms. The predicted octanol–water partition coefficient (Wildman–Crippen LogP) is 1.14. The quantitative estimate of drug-likeness (QED) is 0.738. The number of rotatable bonds is 7. The summed E-state index contributed by atoms with van der Waals surface area (Å²) in [5, 5.41) is 5.58. The first-order chi connectivity index (χ1) is 11.1. The summed E-state index contributed by atoms with van der Waals surface area (Å²) in [7, 11) is 3.22. The minimum Gasteiger partial charge on any atom is -0.497 e. The lowest BCUT2D eigenvalue weighted by Gasteiger charge is -2.17. The van der Waals surface area contributed by atoms with Crippen LogP contribution in [0.25, 0.3) is 0 Å². The summed E-state index contributed by atoms with van der Waals surface area (Å²) in [4.78, 5) is 25.6. The van der Waals surface area contributed by atoms with Gasteiger partial charge in [-0.1, -0.05) is 0 Å². The average Bonchev–Trinajstić information content (AvgIpc) is 2.92. The van der Waals surface area contributed by atoms with E-state index in [9.17, 15) is 9.59 Å². The van der Waals surface area contributed by atoms with Crippen molar-refractivity contribution in [2.75, 3.05) is 38.8 Å². The molecule has 0 spiro atoms. The zero-order valence-electron chi connectivity index (χ0n) is 13.5. The van der Waals surface area contributed by atoms with Crippen molar-refractivity contribution < 1.29 is 19.1 Å². The van der Waals surface area contributed by atoms with Crippen molar-refractivity contribution in [3.63, 3.8) is 0 Å². The Balaban J connectivity index is 1.83. The third kappa shape index (κ3) is 4.85. The van der Waals surface area contributed by atoms with Crippen LogP contribution in [0.2, 0.25) is 0 Å². The molecule has 1 aromatic rings. The average molecular weight is 321 g/mol. The SMILES string of the molecule is COCCCNC(=O)N[C@H]1CC(=O)N(c2ccc(OC)cc2)C1. The summed E-state index contributed by atoms with van der Waals surface area (Å²) in [6.45, 7) is 1.62. The predicted molar refractivity (Wildman–Crippen MR) is 86.8 cm³/mol. The van der Waals surface area contributed by atoms with E-state index in [1.165, 1.54) is 0 Å². The van der Waals surface area contributed by atoms with Crippen molar-refractivity contribution in [1.82, 2.24) is 10.6 Å². The molecule has 0 radical (unpaired) electrons. The van der Waals surface area contributed by atoms with Crippen LogP contribution in [0.3, 0.4) is 0 Å². The monoisotopic (exact) mass is 321 g/mol. The van der Waals surface area contributed by atoms with E-state index < -0.39 is 0 Å². The molecule has 0 unspecified atom stereocenters. The summed E-state index contributed by atoms with van der Waals surface area (Å²) < 4.78 is 10.0. The molecule has 1 fully saturated rings. The number of carbonyl (C=O) groups excluding carboxylic acids is 2. The van der Waals surface area contributed by atoms with Crippen LogP contribution in [-0.2, 0) is 9.53 Å². The van der Waals surface area contributed by atoms with Gasteiger partial charge in [0.05, 0.1) is 13.2 Å². The molecule has 0 bridgehead atoms. The van der Waals surface area contributed by atoms with Crippen LogP contribution in [0, 0.1) is 0 Å². The maximum atomic E-state index is 12.1. The maximum absolute atomic E-state index is 12.1. The number of ether oxygens (including phenoxy) is 2. The minimum absolute atomic E-state index is 0.000139. The molecule has 2 N–H and O–H groups in total. The molecule has 126 valence electrons. The standard InChI is InChI=1S/C16H23N3O4/c1-22-9-3-8-17-16(21)18-12-10-15(20)19(11-12)13-4-6-14(23-2)7-5-13/h4-7,12H,3,8-11H2,1-2H3,(H2,17,18,21)/t12-/m0/s1. The van der Waals surface area contributed by atoms with Gasteiger partial charge in [-0.3, -0.25) is 4.79 Å². The smallest absolute Gasteiger partial charge is 0.315 e. The van der Waals surface area contributed by atoms with E-state index in [2.05, 4.69) is 10.6 Å². The van der Waals surface area contributed by atoms with Gasteiger partial charge >= 0.3 is 6.03 Å². The highest BCUT2D eigenvalue weighted by atomic mass is 16.5. The Kier molecular flexibility index (Phi) is 6.22. The van der Waals surface area contributed by atoms with Gasteiger partial charge in [-0.05, 0) is 30.7 Å². The number of urea groups is 1. The highest BCUT2D eigenvalue weighted by Gasteiger charge is 2.31. The van der Waals surface area contributed by atoms with Crippen LogP contribution in [-0.4, -0.2) is 51.9 Å². The van der Waals surface area contributed by atoms with E-state index in [0.717, 1.165) is 17.9 Å². The molecule has 1 atom stereocenters. The van der Waals surface area contributed by atoms with Gasteiger partial charge < -0.3 is 25.0 Å². The highest BCUT2D eigenvalue weighted by Crippen LogP contribution is 2.24. The van der Waals surface area contributed by atoms with Crippen molar-refractivity contribution in [3.05, 3.63) is 24.3 Å². The number of amides is 3. The van der Waals surface area contributed by atoms with E-state index in [-0.39, 0.29) is 18.0 Å². The Morgan fingerprint density at radius 1 is 1.30 bits per heavy atom. The molecule has 7 nitrogen and oxygen atoms in total. The van der Waals surface area contributed by atoms with Gasteiger partial charge in [0, 0.05) is 38.9 Å². The fraction of sp³-hybridized carbons (Fsp3) is 0.500. The summed E-state index contributed by atoms with van der Waals surface area (Å²) in [6.07, 6.45) is 1.06. The third-order valence-electron chi connectivity index (χ3n) is 3.66. The lowest BCUT2D eigenvalue weighted by atomic mass is 10.2. The second-order valence-electron chi connectivity index (χ2n) is 5.35. The number of nitrogens with one attached hydrogen (secondary N) is 2. The van der Waals surface area contributed by atoms with Gasteiger partial charge in [-0.15, -0.1) is 0 Å². The molecule has 1 aliphatic rings. The van der Waals surface area contributed by atoms with Crippen LogP contribution in [0.4, 0.5) is 10.5 Å². The summed E-state index contributed by atoms with van der Waals surface area (Å²) in [5.74, 6) is 0.741. The molecule has 0 saturated carbocycles. The minimum atomic E-state index is -0.254. The number of hydrogen-bond acceptors (Lipinski definition) is 4. The summed E-state index contributed by atoms with van der Waals surface area (Å²) >= 11 is 0. The summed E-state index contributed by atoms with van der Waals surface area (Å²) in [5.41, 5.74) is 0.806. The van der Waals surface area contributed by atoms with Crippen molar-refractivity contribution in [1.29, 1.82) is 0 Å². The van der Waals surface area contributed by atoms with Crippen LogP contribution in [0.15, 0.2) is 24.3 Å². The van der Waals surface area contributed by atoms with E-state index in [4.69, 9.17) is 9.47 Å². The number of hydrogen-bond donors (Lipinski definition) is 2. The first kappa shape index (κ1) is 17.1. The van der Waals surface area contributed by atoms with Crippen molar-refractivity contribution in [2.45, 2.75) is 18.9 Å². The van der Waals surface area contributed by atoms with Gasteiger partial charge in [0.25, 0.3) is 0 Å². The molecule has 1 heterocycles. The first-order valence-electron chi connectivity index (χ1n) is 7.61. The van der Waals surface area contributed by atoms with Gasteiger partial charge in [0.2, 0.25) is 5.91 Å². The molecule has 1 aliphatic heterocycles. The molecule has 0 aromatic heterocycles. The zero-order valence-corrected chi connectivity index (χ0v) is 13.5. The molecule has 0 aliphatic carbocycles. The third-order valence-corrected chi connectivity index (χ3v) is 3.66. The van der Waals surface area contributed by atoms with Crippen LogP contribution < -0.4 is 20.3 Å².